The maximum absolute atomic E-state index is 11.5. The zero-order valence-electron chi connectivity index (χ0n) is 9.07. The van der Waals surface area contributed by atoms with Crippen LogP contribution in [0.15, 0.2) is 12.3 Å². The van der Waals surface area contributed by atoms with E-state index in [2.05, 4.69) is 10.4 Å². The summed E-state index contributed by atoms with van der Waals surface area (Å²) in [6, 6.07) is 2.01. The van der Waals surface area contributed by atoms with Gasteiger partial charge in [-0.3, -0.25) is 9.48 Å². The highest BCUT2D eigenvalue weighted by atomic mass is 16.1. The predicted octanol–water partition coefficient (Wildman–Crippen LogP) is 0.879. The smallest absolute Gasteiger partial charge is 0.223 e. The first kappa shape index (κ1) is 10.2. The Bertz CT molecular complexity index is 345. The summed E-state index contributed by atoms with van der Waals surface area (Å²) in [7, 11) is 1.94. The Kier molecular flexibility index (Phi) is 3.04. The lowest BCUT2D eigenvalue weighted by Crippen LogP contribution is -2.36. The topological polar surface area (TPSA) is 46.9 Å². The summed E-state index contributed by atoms with van der Waals surface area (Å²) in [5.74, 6) is 0.428. The molecule has 82 valence electrons. The molecule has 1 aromatic heterocycles. The number of aryl methyl sites for hydroxylation is 2. The number of hydrogen-bond donors (Lipinski definition) is 1. The summed E-state index contributed by atoms with van der Waals surface area (Å²) >= 11 is 0. The summed E-state index contributed by atoms with van der Waals surface area (Å²) in [6.45, 7) is 0.848. The van der Waals surface area contributed by atoms with Gasteiger partial charge in [-0.05, 0) is 31.7 Å². The van der Waals surface area contributed by atoms with E-state index in [1.165, 1.54) is 5.69 Å². The highest BCUT2D eigenvalue weighted by Crippen LogP contribution is 2.17. The minimum atomic E-state index is 0.202. The number of piperidine rings is 1. The molecule has 1 saturated heterocycles. The molecule has 0 saturated carbocycles. The van der Waals surface area contributed by atoms with Gasteiger partial charge in [-0.25, -0.2) is 0 Å². The Balaban J connectivity index is 1.87. The number of carbonyl (C=O) groups excluding carboxylic acids is 1. The Morgan fingerprint density at radius 2 is 2.53 bits per heavy atom. The molecule has 0 radical (unpaired) electrons. The van der Waals surface area contributed by atoms with Crippen LogP contribution in [0, 0.1) is 5.92 Å². The number of amides is 1. The van der Waals surface area contributed by atoms with Crippen molar-refractivity contribution < 1.29 is 4.79 Å². The number of aromatic nitrogens is 2. The molecule has 0 aliphatic carbocycles. The van der Waals surface area contributed by atoms with Gasteiger partial charge in [0.1, 0.15) is 0 Å². The average molecular weight is 207 g/mol. The van der Waals surface area contributed by atoms with Gasteiger partial charge in [-0.2, -0.15) is 5.10 Å². The van der Waals surface area contributed by atoms with Gasteiger partial charge in [0.25, 0.3) is 0 Å². The molecular weight excluding hydrogens is 190 g/mol. The number of nitrogens with one attached hydrogen (secondary N) is 1. The second-order valence-corrected chi connectivity index (χ2v) is 4.12. The van der Waals surface area contributed by atoms with Gasteiger partial charge in [-0.15, -0.1) is 0 Å². The van der Waals surface area contributed by atoms with E-state index in [0.29, 0.717) is 0 Å². The van der Waals surface area contributed by atoms with Crippen molar-refractivity contribution in [3.05, 3.63) is 18.0 Å². The van der Waals surface area contributed by atoms with Crippen molar-refractivity contribution in [2.24, 2.45) is 13.0 Å². The van der Waals surface area contributed by atoms with Gasteiger partial charge in [-0.1, -0.05) is 0 Å². The molecule has 1 fully saturated rings. The fourth-order valence-electron chi connectivity index (χ4n) is 2.08. The zero-order chi connectivity index (χ0) is 10.7. The van der Waals surface area contributed by atoms with E-state index in [9.17, 15) is 4.79 Å². The summed E-state index contributed by atoms with van der Waals surface area (Å²) in [5.41, 5.74) is 1.20. The Hall–Kier alpha value is -1.32. The molecule has 2 rings (SSSR count). The van der Waals surface area contributed by atoms with Crippen molar-refractivity contribution in [1.82, 2.24) is 15.1 Å². The zero-order valence-corrected chi connectivity index (χ0v) is 9.07. The minimum absolute atomic E-state index is 0.202. The van der Waals surface area contributed by atoms with Crippen LogP contribution in [0.5, 0.6) is 0 Å². The molecule has 0 bridgehead atoms. The summed E-state index contributed by atoms with van der Waals surface area (Å²) in [5, 5.41) is 7.03. The van der Waals surface area contributed by atoms with Crippen molar-refractivity contribution >= 4 is 5.91 Å². The van der Waals surface area contributed by atoms with Gasteiger partial charge >= 0.3 is 0 Å². The molecule has 1 N–H and O–H groups in total. The number of nitrogens with zero attached hydrogens (tertiary/aromatic N) is 2. The minimum Gasteiger partial charge on any atom is -0.356 e. The normalized spacial score (nSPS) is 21.4. The number of rotatable bonds is 3. The molecule has 0 aromatic carbocycles. The maximum Gasteiger partial charge on any atom is 0.223 e. The first-order valence-electron chi connectivity index (χ1n) is 5.52. The van der Waals surface area contributed by atoms with Crippen LogP contribution in [-0.4, -0.2) is 22.2 Å². The van der Waals surface area contributed by atoms with E-state index >= 15 is 0 Å². The van der Waals surface area contributed by atoms with Crippen molar-refractivity contribution in [2.45, 2.75) is 25.7 Å². The highest BCUT2D eigenvalue weighted by Gasteiger charge is 2.21. The predicted molar refractivity (Wildman–Crippen MR) is 57.3 cm³/mol. The lowest BCUT2D eigenvalue weighted by molar-refractivity contribution is -0.126. The van der Waals surface area contributed by atoms with Crippen molar-refractivity contribution in [3.63, 3.8) is 0 Å². The lowest BCUT2D eigenvalue weighted by atomic mass is 9.93. The van der Waals surface area contributed by atoms with Crippen LogP contribution in [0.1, 0.15) is 25.0 Å². The third-order valence-corrected chi connectivity index (χ3v) is 3.07. The molecule has 0 spiro atoms. The molecule has 1 unspecified atom stereocenters. The average Bonchev–Trinajstić information content (AvgIpc) is 2.63. The van der Waals surface area contributed by atoms with Crippen molar-refractivity contribution in [3.8, 4) is 0 Å². The second-order valence-electron chi connectivity index (χ2n) is 4.12. The molecule has 2 heterocycles. The van der Waals surface area contributed by atoms with E-state index in [1.807, 2.05) is 17.8 Å². The largest absolute Gasteiger partial charge is 0.356 e. The standard InChI is InChI=1S/C11H17N3O/c1-14-10(6-8-13-14)5-4-9-3-2-7-12-11(9)15/h6,8-9H,2-5,7H2,1H3,(H,12,15). The van der Waals surface area contributed by atoms with E-state index < -0.39 is 0 Å². The van der Waals surface area contributed by atoms with Crippen molar-refractivity contribution in [2.75, 3.05) is 6.54 Å². The van der Waals surface area contributed by atoms with E-state index in [1.54, 1.807) is 6.20 Å². The van der Waals surface area contributed by atoms with Gasteiger partial charge in [0.15, 0.2) is 0 Å². The Morgan fingerprint density at radius 1 is 1.67 bits per heavy atom. The Labute approximate surface area is 89.7 Å². The van der Waals surface area contributed by atoms with Crippen LogP contribution in [0.4, 0.5) is 0 Å². The first-order chi connectivity index (χ1) is 7.27. The third kappa shape index (κ3) is 2.37. The SMILES string of the molecule is Cn1nccc1CCC1CCCNC1=O. The van der Waals surface area contributed by atoms with Crippen LogP contribution in [0.3, 0.4) is 0 Å². The Morgan fingerprint density at radius 3 is 3.20 bits per heavy atom. The van der Waals surface area contributed by atoms with E-state index in [0.717, 1.165) is 32.2 Å². The quantitative estimate of drug-likeness (QED) is 0.799. The number of hydrogen-bond acceptors (Lipinski definition) is 2. The van der Waals surface area contributed by atoms with Crippen LogP contribution < -0.4 is 5.32 Å². The van der Waals surface area contributed by atoms with E-state index in [4.69, 9.17) is 0 Å². The third-order valence-electron chi connectivity index (χ3n) is 3.07. The highest BCUT2D eigenvalue weighted by molar-refractivity contribution is 5.79. The van der Waals surface area contributed by atoms with Crippen LogP contribution in [0.2, 0.25) is 0 Å². The molecular formula is C11H17N3O. The van der Waals surface area contributed by atoms with Gasteiger partial charge < -0.3 is 5.32 Å². The molecule has 4 heteroatoms. The van der Waals surface area contributed by atoms with Gasteiger partial charge in [0.05, 0.1) is 0 Å². The molecule has 1 aliphatic rings. The van der Waals surface area contributed by atoms with Gasteiger partial charge in [0, 0.05) is 31.4 Å². The monoisotopic (exact) mass is 207 g/mol. The maximum atomic E-state index is 11.5. The van der Waals surface area contributed by atoms with E-state index in [-0.39, 0.29) is 11.8 Å². The molecule has 1 aromatic rings. The molecule has 1 aliphatic heterocycles. The molecule has 4 nitrogen and oxygen atoms in total. The van der Waals surface area contributed by atoms with Crippen LogP contribution in [-0.2, 0) is 18.3 Å². The van der Waals surface area contributed by atoms with Crippen LogP contribution >= 0.6 is 0 Å². The first-order valence-corrected chi connectivity index (χ1v) is 5.52. The fourth-order valence-corrected chi connectivity index (χ4v) is 2.08. The summed E-state index contributed by atoms with van der Waals surface area (Å²) in [4.78, 5) is 11.5. The summed E-state index contributed by atoms with van der Waals surface area (Å²) in [6.07, 6.45) is 5.82. The second kappa shape index (κ2) is 4.47. The van der Waals surface area contributed by atoms with Crippen LogP contribution in [0.25, 0.3) is 0 Å². The van der Waals surface area contributed by atoms with Gasteiger partial charge in [0.2, 0.25) is 5.91 Å². The lowest BCUT2D eigenvalue weighted by Gasteiger charge is -2.21. The summed E-state index contributed by atoms with van der Waals surface area (Å²) < 4.78 is 1.88. The molecule has 1 atom stereocenters. The molecule has 15 heavy (non-hydrogen) atoms. The number of carbonyl (C=O) groups is 1. The van der Waals surface area contributed by atoms with Crippen molar-refractivity contribution in [1.29, 1.82) is 0 Å². The fraction of sp³-hybridized carbons (Fsp3) is 0.636. The molecule has 1 amide bonds.